The largest absolute Gasteiger partial charge is 0.232 e. The van der Waals surface area contributed by atoms with E-state index < -0.39 is 0 Å². The van der Waals surface area contributed by atoms with Crippen molar-refractivity contribution in [3.8, 4) is 0 Å². The summed E-state index contributed by atoms with van der Waals surface area (Å²) in [5.74, 6) is 0.477. The second-order valence-corrected chi connectivity index (χ2v) is 2.00. The van der Waals surface area contributed by atoms with Crippen LogP contribution < -0.4 is 0 Å². The molecule has 0 radical (unpaired) electrons. The van der Waals surface area contributed by atoms with Gasteiger partial charge in [0.1, 0.15) is 0 Å². The van der Waals surface area contributed by atoms with Crippen molar-refractivity contribution < 1.29 is 0 Å². The van der Waals surface area contributed by atoms with Crippen molar-refractivity contribution >= 4 is 19.0 Å². The highest BCUT2D eigenvalue weighted by atomic mass is 32.1. The first-order chi connectivity index (χ1) is 3.81. The predicted octanol–water partition coefficient (Wildman–Crippen LogP) is 2.11. The van der Waals surface area contributed by atoms with Gasteiger partial charge in [-0.1, -0.05) is 13.0 Å². The molecule has 0 saturated heterocycles. The highest BCUT2D eigenvalue weighted by molar-refractivity contribution is 7.78. The first kappa shape index (κ1) is 7.76. The lowest BCUT2D eigenvalue weighted by Crippen LogP contribution is -1.90. The average molecular weight is 129 g/mol. The molecule has 1 atom stereocenters. The van der Waals surface area contributed by atoms with Crippen LogP contribution in [0.4, 0.5) is 0 Å². The smallest absolute Gasteiger partial charge is 0.0154 e. The Morgan fingerprint density at radius 3 is 2.88 bits per heavy atom. The van der Waals surface area contributed by atoms with Crippen LogP contribution in [0.2, 0.25) is 0 Å². The first-order valence-corrected chi connectivity index (χ1v) is 2.99. The summed E-state index contributed by atoms with van der Waals surface area (Å²) in [7, 11) is 0. The van der Waals surface area contributed by atoms with Crippen molar-refractivity contribution in [3.63, 3.8) is 0 Å². The molecule has 0 spiro atoms. The van der Waals surface area contributed by atoms with Gasteiger partial charge in [0.25, 0.3) is 0 Å². The third kappa shape index (κ3) is 3.93. The fourth-order valence-corrected chi connectivity index (χ4v) is 0.665. The SMILES string of the molecule is C=CCC(C)/C=N/S. The van der Waals surface area contributed by atoms with Crippen LogP contribution in [-0.4, -0.2) is 6.21 Å². The van der Waals surface area contributed by atoms with Crippen molar-refractivity contribution in [2.45, 2.75) is 13.3 Å². The summed E-state index contributed by atoms with van der Waals surface area (Å²) in [6.45, 7) is 5.67. The zero-order valence-corrected chi connectivity index (χ0v) is 5.94. The number of hydrogen-bond acceptors (Lipinski definition) is 2. The normalized spacial score (nSPS) is 14.2. The van der Waals surface area contributed by atoms with Gasteiger partial charge in [0, 0.05) is 6.21 Å². The van der Waals surface area contributed by atoms with Gasteiger partial charge in [-0.3, -0.25) is 0 Å². The Balaban J connectivity index is 3.31. The molecule has 0 aromatic heterocycles. The molecule has 1 unspecified atom stereocenters. The van der Waals surface area contributed by atoms with E-state index in [-0.39, 0.29) is 0 Å². The monoisotopic (exact) mass is 129 g/mol. The van der Waals surface area contributed by atoms with Crippen molar-refractivity contribution in [3.05, 3.63) is 12.7 Å². The number of rotatable bonds is 3. The number of allylic oxidation sites excluding steroid dienone is 1. The molecule has 0 aromatic rings. The van der Waals surface area contributed by atoms with Crippen LogP contribution in [0, 0.1) is 5.92 Å². The van der Waals surface area contributed by atoms with E-state index in [0.29, 0.717) is 5.92 Å². The average Bonchev–Trinajstić information content (AvgIpc) is 1.68. The Morgan fingerprint density at radius 1 is 1.88 bits per heavy atom. The molecular formula is C6H11NS. The minimum atomic E-state index is 0.477. The highest BCUT2D eigenvalue weighted by Gasteiger charge is 1.90. The summed E-state index contributed by atoms with van der Waals surface area (Å²) >= 11 is 3.69. The van der Waals surface area contributed by atoms with Gasteiger partial charge in [-0.05, 0) is 25.2 Å². The maximum Gasteiger partial charge on any atom is 0.0154 e. The maximum absolute atomic E-state index is 3.69. The topological polar surface area (TPSA) is 12.4 Å². The van der Waals surface area contributed by atoms with Gasteiger partial charge in [0.15, 0.2) is 0 Å². The van der Waals surface area contributed by atoms with Crippen LogP contribution in [0.15, 0.2) is 17.1 Å². The Hall–Kier alpha value is -0.240. The summed E-state index contributed by atoms with van der Waals surface area (Å²) in [5.41, 5.74) is 0. The Kier molecular flexibility index (Phi) is 4.76. The molecule has 0 saturated carbocycles. The summed E-state index contributed by atoms with van der Waals surface area (Å²) in [5, 5.41) is 0. The minimum absolute atomic E-state index is 0.477. The lowest BCUT2D eigenvalue weighted by molar-refractivity contribution is 0.811. The molecular weight excluding hydrogens is 118 g/mol. The van der Waals surface area contributed by atoms with Gasteiger partial charge in [-0.25, -0.2) is 4.40 Å². The molecule has 46 valence electrons. The standard InChI is InChI=1S/C6H11NS/c1-3-4-6(2)5-7-8/h3,5-6,8H,1,4H2,2H3/b7-5+. The molecule has 0 heterocycles. The molecule has 0 rings (SSSR count). The van der Waals surface area contributed by atoms with E-state index in [0.717, 1.165) is 6.42 Å². The van der Waals surface area contributed by atoms with E-state index in [1.165, 1.54) is 0 Å². The molecule has 0 amide bonds. The third-order valence-electron chi connectivity index (χ3n) is 0.860. The van der Waals surface area contributed by atoms with Crippen LogP contribution in [0.3, 0.4) is 0 Å². The van der Waals surface area contributed by atoms with Gasteiger partial charge < -0.3 is 0 Å². The third-order valence-corrected chi connectivity index (χ3v) is 0.993. The second kappa shape index (κ2) is 4.91. The summed E-state index contributed by atoms with van der Waals surface area (Å²) in [6, 6.07) is 0. The van der Waals surface area contributed by atoms with Crippen molar-refractivity contribution in [2.75, 3.05) is 0 Å². The van der Waals surface area contributed by atoms with Crippen molar-refractivity contribution in [1.82, 2.24) is 0 Å². The van der Waals surface area contributed by atoms with E-state index in [4.69, 9.17) is 0 Å². The zero-order valence-electron chi connectivity index (χ0n) is 5.04. The van der Waals surface area contributed by atoms with Gasteiger partial charge >= 0.3 is 0 Å². The Labute approximate surface area is 56.1 Å². The lowest BCUT2D eigenvalue weighted by atomic mass is 10.1. The molecule has 0 bridgehead atoms. The number of hydrogen-bond donors (Lipinski definition) is 1. The Bertz CT molecular complexity index is 88.5. The van der Waals surface area contributed by atoms with Crippen LogP contribution in [-0.2, 0) is 0 Å². The Morgan fingerprint density at radius 2 is 2.50 bits per heavy atom. The molecule has 0 aromatic carbocycles. The molecule has 2 heteroatoms. The van der Waals surface area contributed by atoms with Crippen LogP contribution in [0.5, 0.6) is 0 Å². The van der Waals surface area contributed by atoms with Crippen LogP contribution >= 0.6 is 12.8 Å². The van der Waals surface area contributed by atoms with E-state index in [1.54, 1.807) is 6.21 Å². The highest BCUT2D eigenvalue weighted by Crippen LogP contribution is 1.97. The summed E-state index contributed by atoms with van der Waals surface area (Å²) < 4.78 is 3.58. The second-order valence-electron chi connectivity index (χ2n) is 1.77. The van der Waals surface area contributed by atoms with Gasteiger partial charge in [-0.15, -0.1) is 6.58 Å². The van der Waals surface area contributed by atoms with Gasteiger partial charge in [0.2, 0.25) is 0 Å². The molecule has 0 aliphatic rings. The minimum Gasteiger partial charge on any atom is -0.232 e. The number of nitrogens with zero attached hydrogens (tertiary/aromatic N) is 1. The molecule has 0 aliphatic carbocycles. The van der Waals surface area contributed by atoms with Crippen LogP contribution in [0.25, 0.3) is 0 Å². The molecule has 0 N–H and O–H groups in total. The molecule has 0 aliphatic heterocycles. The zero-order chi connectivity index (χ0) is 6.41. The van der Waals surface area contributed by atoms with E-state index in [1.807, 2.05) is 6.08 Å². The van der Waals surface area contributed by atoms with E-state index in [2.05, 4.69) is 30.7 Å². The maximum atomic E-state index is 3.69. The fourth-order valence-electron chi connectivity index (χ4n) is 0.438. The van der Waals surface area contributed by atoms with Crippen LogP contribution in [0.1, 0.15) is 13.3 Å². The molecule has 1 nitrogen and oxygen atoms in total. The van der Waals surface area contributed by atoms with Crippen molar-refractivity contribution in [1.29, 1.82) is 0 Å². The van der Waals surface area contributed by atoms with E-state index >= 15 is 0 Å². The van der Waals surface area contributed by atoms with Crippen molar-refractivity contribution in [2.24, 2.45) is 10.3 Å². The summed E-state index contributed by atoms with van der Waals surface area (Å²) in [4.78, 5) is 0. The number of thiol groups is 1. The summed E-state index contributed by atoms with van der Waals surface area (Å²) in [6.07, 6.45) is 4.65. The molecule has 8 heavy (non-hydrogen) atoms. The first-order valence-electron chi connectivity index (χ1n) is 2.59. The predicted molar refractivity (Wildman–Crippen MR) is 41.5 cm³/mol. The van der Waals surface area contributed by atoms with Gasteiger partial charge in [-0.2, -0.15) is 0 Å². The molecule has 0 fully saturated rings. The lowest BCUT2D eigenvalue weighted by Gasteiger charge is -1.95. The van der Waals surface area contributed by atoms with Gasteiger partial charge in [0.05, 0.1) is 0 Å². The quantitative estimate of drug-likeness (QED) is 0.340. The fraction of sp³-hybridized carbons (Fsp3) is 0.500. The van der Waals surface area contributed by atoms with E-state index in [9.17, 15) is 0 Å².